The first kappa shape index (κ1) is 26.3. The maximum Gasteiger partial charge on any atom is 0.0388 e. The van der Waals surface area contributed by atoms with Crippen LogP contribution < -0.4 is 0 Å². The Balaban J connectivity index is 0.000000314. The fraction of sp³-hybridized carbons (Fsp3) is 0.0750. The van der Waals surface area contributed by atoms with Crippen molar-refractivity contribution in [2.24, 2.45) is 0 Å². The number of allylic oxidation sites excluding steroid dienone is 3. The van der Waals surface area contributed by atoms with Gasteiger partial charge in [-0.1, -0.05) is 152 Å². The van der Waals surface area contributed by atoms with E-state index in [9.17, 15) is 0 Å². The van der Waals surface area contributed by atoms with E-state index < -0.39 is 0 Å². The molecule has 0 saturated heterocycles. The van der Waals surface area contributed by atoms with Crippen LogP contribution in [0.15, 0.2) is 157 Å². The minimum absolute atomic E-state index is 0.367. The molecule has 2 unspecified atom stereocenters. The summed E-state index contributed by atoms with van der Waals surface area (Å²) in [7, 11) is 0. The Bertz CT molecular complexity index is 1950. The number of hydrogen-bond acceptors (Lipinski definition) is 2. The predicted molar refractivity (Wildman–Crippen MR) is 181 cm³/mol. The third-order valence-electron chi connectivity index (χ3n) is 8.21. The Kier molecular flexibility index (Phi) is 7.30. The van der Waals surface area contributed by atoms with Crippen molar-refractivity contribution >= 4 is 45.1 Å². The van der Waals surface area contributed by atoms with Crippen molar-refractivity contribution in [1.29, 1.82) is 5.41 Å². The second kappa shape index (κ2) is 11.7. The van der Waals surface area contributed by atoms with Gasteiger partial charge in [-0.15, -0.1) is 11.8 Å². The van der Waals surface area contributed by atoms with Gasteiger partial charge in [-0.3, -0.25) is 0 Å². The lowest BCUT2D eigenvalue weighted by Gasteiger charge is -2.25. The summed E-state index contributed by atoms with van der Waals surface area (Å²) < 4.78 is 0. The van der Waals surface area contributed by atoms with Crippen LogP contribution in [0.5, 0.6) is 0 Å². The molecule has 2 atom stereocenters. The lowest BCUT2D eigenvalue weighted by molar-refractivity contribution is 0.912. The summed E-state index contributed by atoms with van der Waals surface area (Å²) >= 11 is 2.04. The Morgan fingerprint density at radius 2 is 1.24 bits per heavy atom. The van der Waals surface area contributed by atoms with Gasteiger partial charge in [0.2, 0.25) is 0 Å². The molecule has 0 bridgehead atoms. The zero-order valence-electron chi connectivity index (χ0n) is 23.3. The fourth-order valence-corrected chi connectivity index (χ4v) is 7.84. The van der Waals surface area contributed by atoms with E-state index in [1.807, 2.05) is 42.1 Å². The average Bonchev–Trinajstić information content (AvgIpc) is 3.47. The summed E-state index contributed by atoms with van der Waals surface area (Å²) in [6.45, 7) is 0. The molecule has 2 heteroatoms. The van der Waals surface area contributed by atoms with E-state index in [2.05, 4.69) is 121 Å². The van der Waals surface area contributed by atoms with Crippen LogP contribution >= 0.6 is 11.8 Å². The molecule has 2 aliphatic rings. The summed E-state index contributed by atoms with van der Waals surface area (Å²) in [4.78, 5) is 1.46. The molecule has 0 fully saturated rings. The maximum absolute atomic E-state index is 6.82. The van der Waals surface area contributed by atoms with Crippen LogP contribution in [0.3, 0.4) is 0 Å². The van der Waals surface area contributed by atoms with E-state index in [1.165, 1.54) is 60.5 Å². The summed E-state index contributed by atoms with van der Waals surface area (Å²) in [5, 5.41) is 12.8. The number of nitrogens with one attached hydrogen (secondary N) is 1. The van der Waals surface area contributed by atoms with E-state index in [4.69, 9.17) is 5.41 Å². The highest BCUT2D eigenvalue weighted by molar-refractivity contribution is 8.00. The smallest absolute Gasteiger partial charge is 0.0388 e. The first-order valence-corrected chi connectivity index (χ1v) is 15.4. The van der Waals surface area contributed by atoms with Crippen molar-refractivity contribution in [3.8, 4) is 0 Å². The van der Waals surface area contributed by atoms with Crippen LogP contribution in [0, 0.1) is 5.41 Å². The lowest BCUT2D eigenvalue weighted by atomic mass is 9.78. The SMILES string of the molecule is C1=CC2Sc3c(c4ccccc4c4ccccc34)C2C(c2cccc(Cc3ccccc3)c2)=C1.N=Cc1ccccc1. The van der Waals surface area contributed by atoms with E-state index in [-0.39, 0.29) is 0 Å². The molecule has 6 aromatic rings. The summed E-state index contributed by atoms with van der Waals surface area (Å²) in [6, 6.07) is 47.4. The number of rotatable bonds is 4. The molecule has 42 heavy (non-hydrogen) atoms. The molecule has 1 aliphatic heterocycles. The molecular formula is C40H31NS. The molecule has 8 rings (SSSR count). The van der Waals surface area contributed by atoms with Gasteiger partial charge in [0, 0.05) is 22.3 Å². The van der Waals surface area contributed by atoms with Crippen molar-refractivity contribution in [3.05, 3.63) is 180 Å². The quantitative estimate of drug-likeness (QED) is 0.169. The monoisotopic (exact) mass is 557 g/mol. The molecule has 0 saturated carbocycles. The Labute approximate surface area is 251 Å². The van der Waals surface area contributed by atoms with Crippen molar-refractivity contribution in [1.82, 2.24) is 0 Å². The highest BCUT2D eigenvalue weighted by Gasteiger charge is 2.38. The van der Waals surface area contributed by atoms with Gasteiger partial charge >= 0.3 is 0 Å². The summed E-state index contributed by atoms with van der Waals surface area (Å²) in [5.74, 6) is 0.367. The molecule has 1 aliphatic carbocycles. The zero-order chi connectivity index (χ0) is 28.3. The third kappa shape index (κ3) is 5.00. The average molecular weight is 558 g/mol. The summed E-state index contributed by atoms with van der Waals surface area (Å²) in [5.41, 5.74) is 7.97. The van der Waals surface area contributed by atoms with Crippen LogP contribution in [0.25, 0.3) is 27.1 Å². The topological polar surface area (TPSA) is 23.9 Å². The lowest BCUT2D eigenvalue weighted by Crippen LogP contribution is -2.13. The molecule has 0 amide bonds. The minimum Gasteiger partial charge on any atom is -0.308 e. The van der Waals surface area contributed by atoms with Gasteiger partial charge in [0.15, 0.2) is 0 Å². The molecular weight excluding hydrogens is 527 g/mol. The number of benzene rings is 6. The Hall–Kier alpha value is -4.66. The number of fused-ring (bicyclic) bond motifs is 8. The Morgan fingerprint density at radius 1 is 0.619 bits per heavy atom. The molecule has 0 aromatic heterocycles. The van der Waals surface area contributed by atoms with E-state index in [0.717, 1.165) is 12.0 Å². The van der Waals surface area contributed by atoms with Crippen LogP contribution in [-0.4, -0.2) is 11.5 Å². The molecule has 6 aromatic carbocycles. The molecule has 1 N–H and O–H groups in total. The van der Waals surface area contributed by atoms with E-state index in [1.54, 1.807) is 0 Å². The standard InChI is InChI=1S/C33H24S.C7H7N/c1-2-10-22(11-3-1)20-23-12-8-13-24(21-23)25-18-9-19-30-31(25)32-28-16-6-4-14-26(28)27-15-5-7-17-29(27)33(32)34-30;8-6-7-4-2-1-3-5-7/h1-19,21,30-31H,20H2;1-6,8H. The second-order valence-electron chi connectivity index (χ2n) is 10.8. The maximum atomic E-state index is 6.82. The van der Waals surface area contributed by atoms with Crippen molar-refractivity contribution in [2.45, 2.75) is 22.5 Å². The summed E-state index contributed by atoms with van der Waals surface area (Å²) in [6.07, 6.45) is 9.31. The third-order valence-corrected chi connectivity index (χ3v) is 9.58. The van der Waals surface area contributed by atoms with Gasteiger partial charge in [0.05, 0.1) is 0 Å². The fourth-order valence-electron chi connectivity index (χ4n) is 6.31. The molecule has 0 spiro atoms. The number of hydrogen-bond donors (Lipinski definition) is 1. The van der Waals surface area contributed by atoms with Gasteiger partial charge in [0.25, 0.3) is 0 Å². The van der Waals surface area contributed by atoms with Gasteiger partial charge in [-0.2, -0.15) is 0 Å². The van der Waals surface area contributed by atoms with E-state index in [0.29, 0.717) is 11.2 Å². The van der Waals surface area contributed by atoms with Crippen molar-refractivity contribution < 1.29 is 0 Å². The van der Waals surface area contributed by atoms with Crippen molar-refractivity contribution in [3.63, 3.8) is 0 Å². The van der Waals surface area contributed by atoms with Crippen LogP contribution in [-0.2, 0) is 6.42 Å². The minimum atomic E-state index is 0.367. The van der Waals surface area contributed by atoms with Crippen LogP contribution in [0.2, 0.25) is 0 Å². The molecule has 202 valence electrons. The molecule has 1 heterocycles. The number of thioether (sulfide) groups is 1. The normalized spacial score (nSPS) is 16.7. The van der Waals surface area contributed by atoms with E-state index >= 15 is 0 Å². The molecule has 0 radical (unpaired) electrons. The highest BCUT2D eigenvalue weighted by atomic mass is 32.2. The predicted octanol–water partition coefficient (Wildman–Crippen LogP) is 10.5. The Morgan fingerprint density at radius 3 is 1.95 bits per heavy atom. The first-order valence-electron chi connectivity index (χ1n) is 14.5. The van der Waals surface area contributed by atoms with Crippen molar-refractivity contribution in [2.75, 3.05) is 0 Å². The van der Waals surface area contributed by atoms with Gasteiger partial charge in [-0.05, 0) is 61.4 Å². The van der Waals surface area contributed by atoms with Gasteiger partial charge < -0.3 is 5.41 Å². The van der Waals surface area contributed by atoms with Crippen LogP contribution in [0.4, 0.5) is 0 Å². The largest absolute Gasteiger partial charge is 0.308 e. The zero-order valence-corrected chi connectivity index (χ0v) is 24.1. The highest BCUT2D eigenvalue weighted by Crippen LogP contribution is 2.57. The molecule has 1 nitrogen and oxygen atoms in total. The van der Waals surface area contributed by atoms with Crippen LogP contribution in [0.1, 0.15) is 33.7 Å². The first-order chi connectivity index (χ1) is 20.8. The van der Waals surface area contributed by atoms with Gasteiger partial charge in [-0.25, -0.2) is 0 Å². The second-order valence-corrected chi connectivity index (χ2v) is 12.0. The van der Waals surface area contributed by atoms with Gasteiger partial charge in [0.1, 0.15) is 0 Å².